The Labute approximate surface area is 235 Å². The Balaban J connectivity index is 1.29. The molecule has 3 aromatic rings. The van der Waals surface area contributed by atoms with E-state index in [1.807, 2.05) is 0 Å². The van der Waals surface area contributed by atoms with Crippen molar-refractivity contribution in [3.63, 3.8) is 0 Å². The normalized spacial score (nSPS) is 18.6. The van der Waals surface area contributed by atoms with Crippen molar-refractivity contribution in [3.8, 4) is 0 Å². The van der Waals surface area contributed by atoms with E-state index in [-0.39, 0.29) is 17.4 Å². The highest BCUT2D eigenvalue weighted by molar-refractivity contribution is 5.78. The molecular formula is C35H45N3O. The molecule has 0 spiro atoms. The van der Waals surface area contributed by atoms with E-state index in [1.54, 1.807) is 0 Å². The van der Waals surface area contributed by atoms with Crippen LogP contribution in [0.4, 0.5) is 0 Å². The lowest BCUT2D eigenvalue weighted by molar-refractivity contribution is -0.132. The van der Waals surface area contributed by atoms with Crippen molar-refractivity contribution in [2.75, 3.05) is 39.3 Å². The largest absolute Gasteiger partial charge is 0.342 e. The fourth-order valence-electron chi connectivity index (χ4n) is 6.75. The van der Waals surface area contributed by atoms with Crippen LogP contribution in [0, 0.1) is 20.8 Å². The molecule has 2 aliphatic rings. The SMILES string of the molecule is Cc1ccccc1C(NCC(=O)N1CCC(CN2CCCCC2)(c2ccccc2)CC1)c1cccc(C)c1C. The highest BCUT2D eigenvalue weighted by atomic mass is 16.2. The first-order chi connectivity index (χ1) is 19.0. The molecule has 2 aliphatic heterocycles. The van der Waals surface area contributed by atoms with Crippen LogP contribution in [0.1, 0.15) is 71.5 Å². The van der Waals surface area contributed by atoms with Crippen molar-refractivity contribution in [3.05, 3.63) is 106 Å². The molecule has 2 heterocycles. The zero-order valence-corrected chi connectivity index (χ0v) is 24.1. The number of benzene rings is 3. The number of carbonyl (C=O) groups excluding carboxylic acids is 1. The first-order valence-corrected chi connectivity index (χ1v) is 14.9. The molecule has 39 heavy (non-hydrogen) atoms. The molecule has 1 amide bonds. The third-order valence-corrected chi connectivity index (χ3v) is 9.35. The molecule has 1 unspecified atom stereocenters. The van der Waals surface area contributed by atoms with E-state index >= 15 is 0 Å². The summed E-state index contributed by atoms with van der Waals surface area (Å²) in [6.07, 6.45) is 6.03. The maximum atomic E-state index is 13.6. The van der Waals surface area contributed by atoms with Crippen LogP contribution in [0.25, 0.3) is 0 Å². The minimum atomic E-state index is -0.0117. The lowest BCUT2D eigenvalue weighted by Crippen LogP contribution is -2.52. The number of amides is 1. The van der Waals surface area contributed by atoms with Crippen molar-refractivity contribution >= 4 is 5.91 Å². The smallest absolute Gasteiger partial charge is 0.236 e. The van der Waals surface area contributed by atoms with E-state index < -0.39 is 0 Å². The summed E-state index contributed by atoms with van der Waals surface area (Å²) in [7, 11) is 0. The lowest BCUT2D eigenvalue weighted by atomic mass is 9.72. The molecule has 5 rings (SSSR count). The minimum absolute atomic E-state index is 0.0117. The number of piperidine rings is 2. The number of aryl methyl sites for hydroxylation is 2. The minimum Gasteiger partial charge on any atom is -0.342 e. The third kappa shape index (κ3) is 6.28. The molecule has 3 aromatic carbocycles. The Kier molecular flexibility index (Phi) is 8.84. The first kappa shape index (κ1) is 27.6. The van der Waals surface area contributed by atoms with Gasteiger partial charge in [-0.2, -0.15) is 0 Å². The van der Waals surface area contributed by atoms with Gasteiger partial charge in [0, 0.05) is 25.0 Å². The van der Waals surface area contributed by atoms with Gasteiger partial charge in [0.2, 0.25) is 5.91 Å². The number of rotatable bonds is 8. The monoisotopic (exact) mass is 523 g/mol. The van der Waals surface area contributed by atoms with Gasteiger partial charge in [-0.3, -0.25) is 10.1 Å². The fraction of sp³-hybridized carbons (Fsp3) is 0.457. The predicted molar refractivity (Wildman–Crippen MR) is 161 cm³/mol. The molecule has 4 heteroatoms. The Hall–Kier alpha value is -2.95. The summed E-state index contributed by atoms with van der Waals surface area (Å²) in [5.41, 5.74) is 7.87. The average Bonchev–Trinajstić information content (AvgIpc) is 2.97. The molecule has 1 atom stereocenters. The Morgan fingerprint density at radius 1 is 0.769 bits per heavy atom. The molecule has 0 aromatic heterocycles. The maximum Gasteiger partial charge on any atom is 0.236 e. The van der Waals surface area contributed by atoms with Crippen LogP contribution in [0.15, 0.2) is 72.8 Å². The van der Waals surface area contributed by atoms with E-state index in [0.717, 1.165) is 32.5 Å². The average molecular weight is 524 g/mol. The molecule has 0 saturated carbocycles. The summed E-state index contributed by atoms with van der Waals surface area (Å²) in [6.45, 7) is 12.0. The predicted octanol–water partition coefficient (Wildman–Crippen LogP) is 6.34. The van der Waals surface area contributed by atoms with Crippen LogP contribution in [0.2, 0.25) is 0 Å². The van der Waals surface area contributed by atoms with Gasteiger partial charge in [0.25, 0.3) is 0 Å². The van der Waals surface area contributed by atoms with Gasteiger partial charge in [-0.05, 0) is 92.9 Å². The third-order valence-electron chi connectivity index (χ3n) is 9.35. The second-order valence-electron chi connectivity index (χ2n) is 11.8. The van der Waals surface area contributed by atoms with E-state index in [9.17, 15) is 4.79 Å². The first-order valence-electron chi connectivity index (χ1n) is 14.9. The Morgan fingerprint density at radius 3 is 2.13 bits per heavy atom. The van der Waals surface area contributed by atoms with Crippen molar-refractivity contribution in [2.45, 2.75) is 64.3 Å². The van der Waals surface area contributed by atoms with Crippen LogP contribution in [-0.2, 0) is 10.2 Å². The molecule has 1 N–H and O–H groups in total. The van der Waals surface area contributed by atoms with Gasteiger partial charge >= 0.3 is 0 Å². The molecule has 4 nitrogen and oxygen atoms in total. The number of nitrogens with one attached hydrogen (secondary N) is 1. The van der Waals surface area contributed by atoms with Crippen LogP contribution in [0.5, 0.6) is 0 Å². The molecule has 0 radical (unpaired) electrons. The van der Waals surface area contributed by atoms with Gasteiger partial charge in [0.15, 0.2) is 0 Å². The standard InChI is InChI=1S/C35H45N3O/c1-27-14-12-18-32(29(27)3)34(31-17-9-8-13-28(31)2)36-25-33(39)38-23-19-35(20-24-38,30-15-6-4-7-16-30)26-37-21-10-5-11-22-37/h4,6-9,12-18,34,36H,5,10-11,19-26H2,1-3H3. The van der Waals surface area contributed by atoms with Crippen LogP contribution < -0.4 is 5.32 Å². The second kappa shape index (κ2) is 12.5. The summed E-state index contributed by atoms with van der Waals surface area (Å²) in [5.74, 6) is 0.207. The lowest BCUT2D eigenvalue weighted by Gasteiger charge is -2.45. The maximum absolute atomic E-state index is 13.6. The van der Waals surface area contributed by atoms with Gasteiger partial charge < -0.3 is 9.80 Å². The molecule has 0 aliphatic carbocycles. The zero-order valence-electron chi connectivity index (χ0n) is 24.1. The van der Waals surface area contributed by atoms with Crippen molar-refractivity contribution in [1.29, 1.82) is 0 Å². The Morgan fingerprint density at radius 2 is 1.41 bits per heavy atom. The zero-order chi connectivity index (χ0) is 27.2. The quantitative estimate of drug-likeness (QED) is 0.374. The highest BCUT2D eigenvalue weighted by Crippen LogP contribution is 2.37. The second-order valence-corrected chi connectivity index (χ2v) is 11.8. The Bertz CT molecular complexity index is 1240. The van der Waals surface area contributed by atoms with E-state index in [0.29, 0.717) is 6.54 Å². The number of carbonyl (C=O) groups is 1. The van der Waals surface area contributed by atoms with Crippen molar-refractivity contribution in [1.82, 2.24) is 15.1 Å². The summed E-state index contributed by atoms with van der Waals surface area (Å²) in [5, 5.41) is 3.68. The van der Waals surface area contributed by atoms with Gasteiger partial charge in [0.1, 0.15) is 0 Å². The van der Waals surface area contributed by atoms with Crippen molar-refractivity contribution < 1.29 is 4.79 Å². The molecular weight excluding hydrogens is 478 g/mol. The summed E-state index contributed by atoms with van der Waals surface area (Å²) in [4.78, 5) is 18.4. The molecule has 0 bridgehead atoms. The number of hydrogen-bond acceptors (Lipinski definition) is 3. The van der Waals surface area contributed by atoms with Gasteiger partial charge in [-0.25, -0.2) is 0 Å². The van der Waals surface area contributed by atoms with Crippen LogP contribution in [0.3, 0.4) is 0 Å². The molecule has 2 fully saturated rings. The summed E-state index contributed by atoms with van der Waals surface area (Å²) < 4.78 is 0. The topological polar surface area (TPSA) is 35.6 Å². The number of hydrogen-bond donors (Lipinski definition) is 1. The summed E-state index contributed by atoms with van der Waals surface area (Å²) >= 11 is 0. The van der Waals surface area contributed by atoms with E-state index in [4.69, 9.17) is 0 Å². The molecule has 206 valence electrons. The van der Waals surface area contributed by atoms with Crippen LogP contribution in [-0.4, -0.2) is 55.0 Å². The van der Waals surface area contributed by atoms with E-state index in [2.05, 4.69) is 109 Å². The summed E-state index contributed by atoms with van der Waals surface area (Å²) in [6, 6.07) is 26.1. The number of nitrogens with zero attached hydrogens (tertiary/aromatic N) is 2. The van der Waals surface area contributed by atoms with Gasteiger partial charge in [-0.15, -0.1) is 0 Å². The molecule has 2 saturated heterocycles. The van der Waals surface area contributed by atoms with Crippen molar-refractivity contribution in [2.24, 2.45) is 0 Å². The van der Waals surface area contributed by atoms with E-state index in [1.165, 1.54) is 65.7 Å². The van der Waals surface area contributed by atoms with Crippen LogP contribution >= 0.6 is 0 Å². The van der Waals surface area contributed by atoms with Gasteiger partial charge in [-0.1, -0.05) is 79.2 Å². The van der Waals surface area contributed by atoms with Gasteiger partial charge in [0.05, 0.1) is 12.6 Å². The number of likely N-dealkylation sites (tertiary alicyclic amines) is 2. The fourth-order valence-corrected chi connectivity index (χ4v) is 6.75. The highest BCUT2D eigenvalue weighted by Gasteiger charge is 2.39.